The summed E-state index contributed by atoms with van der Waals surface area (Å²) < 4.78 is 1.21. The third-order valence-corrected chi connectivity index (χ3v) is 7.41. The molecule has 2 unspecified atom stereocenters. The van der Waals surface area contributed by atoms with E-state index in [9.17, 15) is 0 Å². The van der Waals surface area contributed by atoms with E-state index in [0.29, 0.717) is 12.0 Å². The molecule has 2 atom stereocenters. The molecule has 3 aromatic heterocycles. The maximum absolute atomic E-state index is 4.65. The van der Waals surface area contributed by atoms with Crippen molar-refractivity contribution in [2.45, 2.75) is 38.6 Å². The third kappa shape index (κ3) is 5.28. The Bertz CT molecular complexity index is 1090. The van der Waals surface area contributed by atoms with Crippen LogP contribution in [-0.2, 0) is 32.7 Å². The van der Waals surface area contributed by atoms with Crippen molar-refractivity contribution in [3.05, 3.63) is 54.3 Å². The number of fused-ring (bicyclic) bond motifs is 2. The zero-order valence-corrected chi connectivity index (χ0v) is 22.8. The van der Waals surface area contributed by atoms with Gasteiger partial charge in [-0.2, -0.15) is 0 Å². The van der Waals surface area contributed by atoms with Crippen molar-refractivity contribution >= 4 is 54.5 Å². The molecule has 157 valence electrons. The Morgan fingerprint density at radius 2 is 1.93 bits per heavy atom. The van der Waals surface area contributed by atoms with E-state index in [-0.39, 0.29) is 40.1 Å². The van der Waals surface area contributed by atoms with E-state index in [4.69, 9.17) is 0 Å². The second kappa shape index (κ2) is 11.1. The molecule has 0 aliphatic rings. The van der Waals surface area contributed by atoms with Crippen molar-refractivity contribution in [1.29, 1.82) is 0 Å². The maximum Gasteiger partial charge on any atom is 0.125 e. The molecule has 1 radical (unpaired) electrons. The minimum Gasteiger partial charge on any atom is -0.358 e. The van der Waals surface area contributed by atoms with Gasteiger partial charge in [-0.3, -0.25) is 0 Å². The maximum atomic E-state index is 4.65. The Hall–Kier alpha value is -0.916. The van der Waals surface area contributed by atoms with Crippen LogP contribution in [0.2, 0.25) is 0 Å². The van der Waals surface area contributed by atoms with Crippen molar-refractivity contribution in [2.24, 2.45) is 0 Å². The molecule has 0 aliphatic heterocycles. The van der Waals surface area contributed by atoms with Gasteiger partial charge in [0.1, 0.15) is 4.83 Å². The molecule has 0 saturated carbocycles. The first kappa shape index (κ1) is 25.3. The molecule has 0 aliphatic carbocycles. The van der Waals surface area contributed by atoms with Gasteiger partial charge < -0.3 is 17.6 Å². The summed E-state index contributed by atoms with van der Waals surface area (Å²) in [5.41, 5.74) is 5.10. The van der Waals surface area contributed by atoms with Crippen LogP contribution >= 0.6 is 22.7 Å². The van der Waals surface area contributed by atoms with Gasteiger partial charge in [0.15, 0.2) is 0 Å². The molecule has 1 N–H and O–H groups in total. The van der Waals surface area contributed by atoms with Crippen LogP contribution < -0.4 is 5.32 Å². The number of anilines is 2. The molecular formula is C23H29N4S2Y-. The van der Waals surface area contributed by atoms with Crippen LogP contribution in [0.15, 0.2) is 42.0 Å². The molecule has 4 rings (SSSR count). The average molecular weight is 515 g/mol. The van der Waals surface area contributed by atoms with Crippen LogP contribution in [0.4, 0.5) is 11.4 Å². The minimum atomic E-state index is 0. The molecule has 0 bridgehead atoms. The number of benzene rings is 1. The van der Waals surface area contributed by atoms with Crippen LogP contribution in [0.5, 0.6) is 0 Å². The number of thiazole rings is 1. The molecule has 0 fully saturated rings. The van der Waals surface area contributed by atoms with Crippen LogP contribution in [0, 0.1) is 7.43 Å². The molecule has 30 heavy (non-hydrogen) atoms. The van der Waals surface area contributed by atoms with E-state index in [1.165, 1.54) is 27.8 Å². The SMILES string of the molecule is CCCC(c1cc2c(Nc3ccc4scnc4c3)ccnc2s1)C(C)N(C)C.[CH3-].[Y]. The number of likely N-dealkylation sites (N-methyl/N-ethyl adjacent to an activating group) is 1. The Morgan fingerprint density at radius 1 is 1.13 bits per heavy atom. The van der Waals surface area contributed by atoms with Crippen molar-refractivity contribution in [3.8, 4) is 0 Å². The predicted molar refractivity (Wildman–Crippen MR) is 130 cm³/mol. The van der Waals surface area contributed by atoms with Crippen molar-refractivity contribution in [1.82, 2.24) is 14.9 Å². The Morgan fingerprint density at radius 3 is 2.67 bits per heavy atom. The van der Waals surface area contributed by atoms with Crippen molar-refractivity contribution in [2.75, 3.05) is 19.4 Å². The number of hydrogen-bond donors (Lipinski definition) is 1. The number of hydrogen-bond acceptors (Lipinski definition) is 6. The Balaban J connectivity index is 0.00000160. The largest absolute Gasteiger partial charge is 0.358 e. The summed E-state index contributed by atoms with van der Waals surface area (Å²) in [6.45, 7) is 4.59. The fourth-order valence-corrected chi connectivity index (χ4v) is 5.55. The van der Waals surface area contributed by atoms with Crippen LogP contribution in [0.1, 0.15) is 37.5 Å². The van der Waals surface area contributed by atoms with E-state index in [1.54, 1.807) is 11.3 Å². The second-order valence-electron chi connectivity index (χ2n) is 7.49. The van der Waals surface area contributed by atoms with Gasteiger partial charge in [-0.1, -0.05) is 13.3 Å². The first-order valence-corrected chi connectivity index (χ1v) is 11.4. The normalized spacial score (nSPS) is 13.1. The van der Waals surface area contributed by atoms with Crippen LogP contribution in [0.25, 0.3) is 20.4 Å². The quantitative estimate of drug-likeness (QED) is 0.272. The van der Waals surface area contributed by atoms with Gasteiger partial charge >= 0.3 is 0 Å². The van der Waals surface area contributed by atoms with Gasteiger partial charge in [-0.15, -0.1) is 22.7 Å². The zero-order chi connectivity index (χ0) is 19.7. The van der Waals surface area contributed by atoms with Crippen molar-refractivity contribution in [3.63, 3.8) is 0 Å². The fraction of sp³-hybridized carbons (Fsp3) is 0.348. The molecule has 4 aromatic rings. The first-order valence-electron chi connectivity index (χ1n) is 9.72. The number of thiophene rings is 1. The van der Waals surface area contributed by atoms with Gasteiger partial charge in [0.25, 0.3) is 0 Å². The van der Waals surface area contributed by atoms with Crippen molar-refractivity contribution < 1.29 is 32.7 Å². The number of rotatable bonds is 7. The standard InChI is InChI=1S/C22H26N4S2.CH3.Y/c1-5-6-16(14(2)26(3)4)21-12-17-18(9-10-23-22(17)28-21)25-15-7-8-20-19(11-15)24-13-27-20;;/h7-14,16H,5-6H2,1-4H3,(H,23,25);1H3;/q;-1;. The van der Waals surface area contributed by atoms with E-state index in [1.807, 2.05) is 23.0 Å². The number of aromatic nitrogens is 2. The van der Waals surface area contributed by atoms with Crippen LogP contribution in [0.3, 0.4) is 0 Å². The summed E-state index contributed by atoms with van der Waals surface area (Å²) in [6.07, 6.45) is 4.27. The van der Waals surface area contributed by atoms with E-state index < -0.39 is 0 Å². The summed E-state index contributed by atoms with van der Waals surface area (Å²) >= 11 is 3.50. The summed E-state index contributed by atoms with van der Waals surface area (Å²) in [5, 5.41) is 4.79. The predicted octanol–water partition coefficient (Wildman–Crippen LogP) is 6.93. The Kier molecular flexibility index (Phi) is 9.38. The number of pyridine rings is 1. The molecule has 1 aromatic carbocycles. The summed E-state index contributed by atoms with van der Waals surface area (Å²) in [4.78, 5) is 13.9. The first-order chi connectivity index (χ1) is 13.6. The molecule has 0 spiro atoms. The summed E-state index contributed by atoms with van der Waals surface area (Å²) in [6, 6.07) is 11.3. The van der Waals surface area contributed by atoms with E-state index in [2.05, 4.69) is 78.5 Å². The molecular weight excluding hydrogens is 485 g/mol. The van der Waals surface area contributed by atoms with E-state index in [0.717, 1.165) is 21.7 Å². The minimum absolute atomic E-state index is 0. The smallest absolute Gasteiger partial charge is 0.125 e. The molecule has 3 heterocycles. The fourth-order valence-electron chi connectivity index (χ4n) is 3.63. The monoisotopic (exact) mass is 514 g/mol. The summed E-state index contributed by atoms with van der Waals surface area (Å²) in [5.74, 6) is 0.526. The molecule has 4 nitrogen and oxygen atoms in total. The van der Waals surface area contributed by atoms with Gasteiger partial charge in [-0.25, -0.2) is 9.97 Å². The third-order valence-electron chi connectivity index (χ3n) is 5.43. The average Bonchev–Trinajstić information content (AvgIpc) is 3.32. The number of nitrogens with one attached hydrogen (secondary N) is 1. The second-order valence-corrected chi connectivity index (χ2v) is 9.43. The van der Waals surface area contributed by atoms with Gasteiger partial charge in [0.2, 0.25) is 0 Å². The van der Waals surface area contributed by atoms with Gasteiger partial charge in [-0.05, 0) is 57.8 Å². The topological polar surface area (TPSA) is 41.1 Å². The molecule has 0 amide bonds. The molecule has 0 saturated heterocycles. The summed E-state index contributed by atoms with van der Waals surface area (Å²) in [7, 11) is 4.33. The molecule has 7 heteroatoms. The number of nitrogens with zero attached hydrogens (tertiary/aromatic N) is 3. The zero-order valence-electron chi connectivity index (χ0n) is 18.3. The van der Waals surface area contributed by atoms with E-state index >= 15 is 0 Å². The van der Waals surface area contributed by atoms with Crippen LogP contribution in [-0.4, -0.2) is 35.0 Å². The Labute approximate surface area is 213 Å². The van der Waals surface area contributed by atoms with Gasteiger partial charge in [0, 0.05) is 66.8 Å². The van der Waals surface area contributed by atoms with Gasteiger partial charge in [0.05, 0.1) is 21.4 Å².